The summed E-state index contributed by atoms with van der Waals surface area (Å²) >= 11 is 0. The van der Waals surface area contributed by atoms with Gasteiger partial charge in [-0.1, -0.05) is 158 Å². The van der Waals surface area contributed by atoms with Crippen LogP contribution in [0.2, 0.25) is 0 Å². The average Bonchev–Trinajstić information content (AvgIpc) is 1.61. The number of hydrogen-bond acceptors (Lipinski definition) is 10. The van der Waals surface area contributed by atoms with Crippen LogP contribution >= 0.6 is 0 Å². The monoisotopic (exact) mass is 1890 g/mol. The van der Waals surface area contributed by atoms with Crippen molar-refractivity contribution in [1.82, 2.24) is 51.5 Å². The largest absolute Gasteiger partial charge is 0.391 e. The molecule has 33 heteroatoms. The summed E-state index contributed by atoms with van der Waals surface area (Å²) in [4.78, 5) is 83.2. The number of benzene rings is 5. The Balaban J connectivity index is 0.000000161. The van der Waals surface area contributed by atoms with Crippen molar-refractivity contribution in [2.24, 2.45) is 28.6 Å². The number of halogens is 18. The number of carbonyl (C=O) groups is 5. The highest BCUT2D eigenvalue weighted by Gasteiger charge is 2.51. The highest BCUT2D eigenvalue weighted by Crippen LogP contribution is 2.54. The zero-order chi connectivity index (χ0) is 98.0. The van der Waals surface area contributed by atoms with Crippen LogP contribution in [0.4, 0.5) is 79.0 Å². The van der Waals surface area contributed by atoms with E-state index in [1.807, 2.05) is 13.8 Å². The lowest BCUT2D eigenvalue weighted by atomic mass is 9.78. The van der Waals surface area contributed by atoms with Crippen LogP contribution in [0.25, 0.3) is 54.5 Å². The van der Waals surface area contributed by atoms with E-state index in [2.05, 4.69) is 51.5 Å². The van der Waals surface area contributed by atoms with Crippen molar-refractivity contribution < 1.29 is 103 Å². The summed E-state index contributed by atoms with van der Waals surface area (Å²) in [5, 5.41) is 15.6. The number of aromatic nitrogens is 5. The molecule has 5 N–H and O–H groups in total. The van der Waals surface area contributed by atoms with E-state index < -0.39 is 149 Å². The van der Waals surface area contributed by atoms with Crippen molar-refractivity contribution in [3.8, 4) is 0 Å². The summed E-state index contributed by atoms with van der Waals surface area (Å²) < 4.78 is 242. The molecule has 134 heavy (non-hydrogen) atoms. The van der Waals surface area contributed by atoms with E-state index in [0.29, 0.717) is 39.8 Å². The highest BCUT2D eigenvalue weighted by atomic mass is 19.4. The van der Waals surface area contributed by atoms with Crippen molar-refractivity contribution in [2.75, 3.05) is 0 Å². The molecule has 10 aromatic rings. The molecule has 5 aromatic heterocycles. The van der Waals surface area contributed by atoms with E-state index in [1.165, 1.54) is 143 Å². The van der Waals surface area contributed by atoms with E-state index >= 15 is 0 Å². The minimum Gasteiger partial charge on any atom is -0.347 e. The maximum Gasteiger partial charge on any atom is 0.391 e. The molecule has 5 aliphatic rings. The third-order valence-electron chi connectivity index (χ3n) is 25.6. The van der Waals surface area contributed by atoms with Gasteiger partial charge in [0.05, 0.1) is 47.1 Å². The van der Waals surface area contributed by atoms with Gasteiger partial charge in [0.25, 0.3) is 29.5 Å². The molecule has 0 bridgehead atoms. The molecule has 15 rings (SSSR count). The Morgan fingerprint density at radius 2 is 0.493 bits per heavy atom. The predicted octanol–water partition coefficient (Wildman–Crippen LogP) is 26.8. The number of amides is 5. The molecule has 5 saturated carbocycles. The Labute approximate surface area is 766 Å². The molecule has 5 atom stereocenters. The summed E-state index contributed by atoms with van der Waals surface area (Å²) in [5.41, 5.74) is -4.69. The molecule has 15 nitrogen and oxygen atoms in total. The zero-order valence-corrected chi connectivity index (χ0v) is 76.3. The molecule has 0 unspecified atom stereocenters. The Hall–Kier alpha value is -10.8. The predicted molar refractivity (Wildman–Crippen MR) is 479 cm³/mol. The quantitative estimate of drug-likeness (QED) is 0.0308. The van der Waals surface area contributed by atoms with Crippen LogP contribution in [0.1, 0.15) is 287 Å². The second-order valence-electron chi connectivity index (χ2n) is 40.0. The van der Waals surface area contributed by atoms with Crippen LogP contribution in [0.3, 0.4) is 0 Å². The van der Waals surface area contributed by atoms with E-state index in [-0.39, 0.29) is 103 Å². The Bertz CT molecular complexity index is 5520. The van der Waals surface area contributed by atoms with Gasteiger partial charge in [-0.3, -0.25) is 48.9 Å². The van der Waals surface area contributed by atoms with Gasteiger partial charge >= 0.3 is 18.5 Å². The molecule has 0 spiro atoms. The first-order valence-corrected chi connectivity index (χ1v) is 45.2. The molecule has 5 aliphatic carbocycles. The normalized spacial score (nSPS) is 18.1. The van der Waals surface area contributed by atoms with Gasteiger partial charge in [0, 0.05) is 98.5 Å². The van der Waals surface area contributed by atoms with Gasteiger partial charge in [-0.25, -0.2) is 39.5 Å². The summed E-state index contributed by atoms with van der Waals surface area (Å²) in [6.45, 7) is 13.5. The second-order valence-corrected chi connectivity index (χ2v) is 40.0. The maximum absolute atomic E-state index is 13.7. The number of para-hydroxylation sites is 5. The molecule has 0 saturated heterocycles. The van der Waals surface area contributed by atoms with Crippen LogP contribution in [-0.4, -0.2) is 113 Å². The lowest BCUT2D eigenvalue weighted by molar-refractivity contribution is -0.150. The Morgan fingerprint density at radius 1 is 0.299 bits per heavy atom. The van der Waals surface area contributed by atoms with Crippen molar-refractivity contribution in [3.05, 3.63) is 209 Å². The molecule has 724 valence electrons. The molecule has 0 aliphatic heterocycles. The van der Waals surface area contributed by atoms with Crippen LogP contribution < -0.4 is 26.6 Å². The number of alkyl halides is 13. The summed E-state index contributed by atoms with van der Waals surface area (Å²) in [6, 6.07) is 29.5. The SMILES string of the molecule is CC(F)(F)C[C@@](C)(CC1(C)CC1)NC(=O)c1cnc2c(F)cccc2c1.CC(F)(F)C[C@](C)(CC1(C)CC1)NC(=O)c1cnc2c(F)cccc2c1.C[C@@](CC1CCCC1)(CC(F)(F)F)NC(=O)c1cnc2c(F)cccc2c1.C[C@](CC1CCCC1)(CC(F)(F)F)NC(=O)c1cnc2c(F)cccc2c1.C[C@](CC1CCCCC1)(CC(F)(F)F)NC(=O)c1cnc2c(F)cccc2c1. The Kier molecular flexibility index (Phi) is 32.4. The van der Waals surface area contributed by atoms with Crippen LogP contribution in [-0.2, 0) is 0 Å². The first kappa shape index (κ1) is 104. The summed E-state index contributed by atoms with van der Waals surface area (Å²) in [6.07, 6.45) is 7.16. The highest BCUT2D eigenvalue weighted by molar-refractivity contribution is 6.01. The molecular formula is C101H114F18N10O5. The van der Waals surface area contributed by atoms with Gasteiger partial charge in [-0.15, -0.1) is 0 Å². The smallest absolute Gasteiger partial charge is 0.347 e. The number of nitrogens with zero attached hydrogens (tertiary/aromatic N) is 5. The first-order valence-electron chi connectivity index (χ1n) is 45.2. The minimum absolute atomic E-state index is 0.00194. The minimum atomic E-state index is -4.39. The standard InChI is InChI=1S/C21H24F4N2O.2C20H22F4N2O.2C20H23F3N2O/c1-20(13-21(23,24)25,11-14-6-3-2-4-7-14)27-19(28)16-10-15-8-5-9-17(22)18(15)26-12-16;2*1-19(12-20(22,23)24,10-13-5-2-3-6-13)26-18(27)15-9-14-7-4-8-16(21)17(14)25-11-15;2*1-18(7-8-18)11-19(2,12-20(3,22)23)25-17(26)14-9-13-5-4-6-15(21)16(13)24-10-14/h5,8-10,12,14H,2-4,6-7,11,13H2,1H3,(H,27,28);2*4,7-9,11,13H,2-3,5-6,10,12H2,1H3,(H,26,27);2*4-6,9-10H,7-8,11-12H2,1-3H3,(H,25,26)/t20-;4*19-/m01010/s1. The number of fused-ring (bicyclic) bond motifs is 5. The maximum atomic E-state index is 13.7. The number of nitrogens with one attached hydrogen (secondary N) is 5. The third kappa shape index (κ3) is 30.9. The first-order chi connectivity index (χ1) is 62.4. The second kappa shape index (κ2) is 41.8. The molecule has 0 radical (unpaired) electrons. The Morgan fingerprint density at radius 3 is 0.679 bits per heavy atom. The van der Waals surface area contributed by atoms with E-state index in [4.69, 9.17) is 0 Å². The number of rotatable bonds is 27. The summed E-state index contributed by atoms with van der Waals surface area (Å²) in [7, 11) is 0. The number of carbonyl (C=O) groups excluding carboxylic acids is 5. The van der Waals surface area contributed by atoms with E-state index in [0.717, 1.165) is 123 Å². The lowest BCUT2D eigenvalue weighted by Gasteiger charge is -2.36. The fourth-order valence-corrected chi connectivity index (χ4v) is 19.9. The number of pyridine rings is 5. The third-order valence-corrected chi connectivity index (χ3v) is 25.6. The van der Waals surface area contributed by atoms with Crippen LogP contribution in [0, 0.1) is 57.7 Å². The summed E-state index contributed by atoms with van der Waals surface area (Å²) in [5.74, 6) is -10.5. The topological polar surface area (TPSA) is 210 Å². The molecular weight excluding hydrogens is 1780 g/mol. The fourth-order valence-electron chi connectivity index (χ4n) is 19.9. The fraction of sp³-hybridized carbons (Fsp3) is 0.505. The van der Waals surface area contributed by atoms with Gasteiger partial charge in [0.15, 0.2) is 0 Å². The van der Waals surface area contributed by atoms with Gasteiger partial charge in [-0.05, 0) is 196 Å². The van der Waals surface area contributed by atoms with Crippen molar-refractivity contribution >= 4 is 84.1 Å². The number of hydrogen-bond donors (Lipinski definition) is 5. The van der Waals surface area contributed by atoms with Gasteiger partial charge in [0.1, 0.15) is 56.7 Å². The van der Waals surface area contributed by atoms with Crippen molar-refractivity contribution in [2.45, 2.75) is 294 Å². The zero-order valence-electron chi connectivity index (χ0n) is 76.3. The van der Waals surface area contributed by atoms with Gasteiger partial charge < -0.3 is 26.6 Å². The molecule has 5 aromatic carbocycles. The molecule has 5 fully saturated rings. The molecule has 5 amide bonds. The van der Waals surface area contributed by atoms with E-state index in [1.54, 1.807) is 44.2 Å². The average molecular weight is 1890 g/mol. The van der Waals surface area contributed by atoms with Gasteiger partial charge in [0.2, 0.25) is 11.8 Å². The van der Waals surface area contributed by atoms with Crippen LogP contribution in [0.5, 0.6) is 0 Å². The van der Waals surface area contributed by atoms with Crippen molar-refractivity contribution in [3.63, 3.8) is 0 Å². The van der Waals surface area contributed by atoms with E-state index in [9.17, 15) is 103 Å². The van der Waals surface area contributed by atoms with Crippen molar-refractivity contribution in [1.29, 1.82) is 0 Å². The lowest BCUT2D eigenvalue weighted by Crippen LogP contribution is -2.50. The van der Waals surface area contributed by atoms with Gasteiger partial charge in [-0.2, -0.15) is 39.5 Å². The van der Waals surface area contributed by atoms with Crippen LogP contribution in [0.15, 0.2) is 152 Å². The molecule has 5 heterocycles.